The number of carbonyl (C=O) groups is 1. The largest absolute Gasteiger partial charge is 0.416 e. The summed E-state index contributed by atoms with van der Waals surface area (Å²) in [7, 11) is 0. The summed E-state index contributed by atoms with van der Waals surface area (Å²) >= 11 is 0. The molecule has 0 radical (unpaired) electrons. The number of nitrogens with two attached hydrogens (primary N) is 1. The molecule has 0 heterocycles. The first kappa shape index (κ1) is 17.4. The van der Waals surface area contributed by atoms with Crippen molar-refractivity contribution in [2.75, 3.05) is 11.9 Å². The Morgan fingerprint density at radius 3 is 2.42 bits per heavy atom. The van der Waals surface area contributed by atoms with Crippen LogP contribution in [0, 0.1) is 18.8 Å². The Hall–Kier alpha value is -2.94. The molecule has 0 aliphatic carbocycles. The number of rotatable bonds is 3. The lowest BCUT2D eigenvalue weighted by Gasteiger charge is -2.08. The maximum Gasteiger partial charge on any atom is 0.416 e. The highest BCUT2D eigenvalue weighted by Gasteiger charge is 2.29. The van der Waals surface area contributed by atoms with E-state index in [1.807, 2.05) is 6.92 Å². The SMILES string of the molecule is Cc1ccc(C(N)=O)cc1NCC#Cc1ccc(C(F)(F)F)cc1. The predicted molar refractivity (Wildman–Crippen MR) is 86.5 cm³/mol. The number of hydrogen-bond acceptors (Lipinski definition) is 2. The lowest BCUT2D eigenvalue weighted by Crippen LogP contribution is -2.12. The van der Waals surface area contributed by atoms with Gasteiger partial charge in [0.15, 0.2) is 0 Å². The van der Waals surface area contributed by atoms with Crippen LogP contribution in [0.3, 0.4) is 0 Å². The van der Waals surface area contributed by atoms with Crippen molar-refractivity contribution in [1.82, 2.24) is 0 Å². The molecule has 0 bridgehead atoms. The van der Waals surface area contributed by atoms with Crippen molar-refractivity contribution in [2.45, 2.75) is 13.1 Å². The minimum absolute atomic E-state index is 0.282. The standard InChI is InChI=1S/C18H15F3N2O/c1-12-4-7-14(17(22)24)11-16(12)23-10-2-3-13-5-8-15(9-6-13)18(19,20)21/h4-9,11,23H,10H2,1H3,(H2,22,24). The van der Waals surface area contributed by atoms with E-state index in [4.69, 9.17) is 5.73 Å². The van der Waals surface area contributed by atoms with Crippen molar-refractivity contribution >= 4 is 11.6 Å². The number of aryl methyl sites for hydroxylation is 1. The number of hydrogen-bond donors (Lipinski definition) is 2. The van der Waals surface area contributed by atoms with E-state index in [0.717, 1.165) is 23.4 Å². The van der Waals surface area contributed by atoms with Crippen molar-refractivity contribution in [2.24, 2.45) is 5.73 Å². The number of carbonyl (C=O) groups excluding carboxylic acids is 1. The van der Waals surface area contributed by atoms with E-state index < -0.39 is 17.6 Å². The number of nitrogens with one attached hydrogen (secondary N) is 1. The van der Waals surface area contributed by atoms with Crippen LogP contribution in [0.4, 0.5) is 18.9 Å². The van der Waals surface area contributed by atoms with Gasteiger partial charge in [0.2, 0.25) is 5.91 Å². The molecular formula is C18H15F3N2O. The van der Waals surface area contributed by atoms with E-state index >= 15 is 0 Å². The molecule has 124 valence electrons. The van der Waals surface area contributed by atoms with Gasteiger partial charge in [0.1, 0.15) is 0 Å². The zero-order chi connectivity index (χ0) is 17.7. The molecule has 3 N–H and O–H groups in total. The van der Waals surface area contributed by atoms with Crippen molar-refractivity contribution in [3.63, 3.8) is 0 Å². The van der Waals surface area contributed by atoms with Crippen molar-refractivity contribution in [1.29, 1.82) is 0 Å². The Morgan fingerprint density at radius 2 is 1.83 bits per heavy atom. The quantitative estimate of drug-likeness (QED) is 0.844. The number of anilines is 1. The summed E-state index contributed by atoms with van der Waals surface area (Å²) in [5, 5.41) is 3.05. The molecule has 0 atom stereocenters. The lowest BCUT2D eigenvalue weighted by atomic mass is 10.1. The number of halogens is 3. The smallest absolute Gasteiger partial charge is 0.374 e. The Bertz CT molecular complexity index is 800. The summed E-state index contributed by atoms with van der Waals surface area (Å²) in [6.07, 6.45) is -4.35. The molecule has 2 rings (SSSR count). The average molecular weight is 332 g/mol. The molecule has 0 aliphatic heterocycles. The van der Waals surface area contributed by atoms with Crippen LogP contribution in [0.25, 0.3) is 0 Å². The van der Waals surface area contributed by atoms with Crippen LogP contribution in [0.5, 0.6) is 0 Å². The second-order valence-electron chi connectivity index (χ2n) is 5.12. The Labute approximate surface area is 137 Å². The van der Waals surface area contributed by atoms with E-state index in [9.17, 15) is 18.0 Å². The number of amides is 1. The van der Waals surface area contributed by atoms with Crippen LogP contribution in [-0.2, 0) is 6.18 Å². The van der Waals surface area contributed by atoms with Gasteiger partial charge in [0, 0.05) is 16.8 Å². The van der Waals surface area contributed by atoms with Crippen LogP contribution in [0.1, 0.15) is 27.0 Å². The fraction of sp³-hybridized carbons (Fsp3) is 0.167. The fourth-order valence-electron chi connectivity index (χ4n) is 1.99. The molecular weight excluding hydrogens is 317 g/mol. The maximum atomic E-state index is 12.5. The van der Waals surface area contributed by atoms with Crippen molar-refractivity contribution in [3.8, 4) is 11.8 Å². The molecule has 2 aromatic rings. The first-order valence-electron chi connectivity index (χ1n) is 7.08. The molecule has 0 saturated heterocycles. The van der Waals surface area contributed by atoms with E-state index in [2.05, 4.69) is 17.2 Å². The summed E-state index contributed by atoms with van der Waals surface area (Å²) in [5.74, 6) is 5.09. The van der Waals surface area contributed by atoms with Gasteiger partial charge in [-0.3, -0.25) is 4.79 Å². The molecule has 24 heavy (non-hydrogen) atoms. The lowest BCUT2D eigenvalue weighted by molar-refractivity contribution is -0.137. The highest BCUT2D eigenvalue weighted by Crippen LogP contribution is 2.28. The molecule has 0 aromatic heterocycles. The fourth-order valence-corrected chi connectivity index (χ4v) is 1.99. The highest BCUT2D eigenvalue weighted by molar-refractivity contribution is 5.94. The highest BCUT2D eigenvalue weighted by atomic mass is 19.4. The molecule has 2 aromatic carbocycles. The van der Waals surface area contributed by atoms with E-state index in [-0.39, 0.29) is 6.54 Å². The van der Waals surface area contributed by atoms with Crippen molar-refractivity contribution in [3.05, 3.63) is 64.7 Å². The van der Waals surface area contributed by atoms with Crippen LogP contribution in [-0.4, -0.2) is 12.5 Å². The van der Waals surface area contributed by atoms with Crippen LogP contribution >= 0.6 is 0 Å². The minimum Gasteiger partial charge on any atom is -0.374 e. The molecule has 3 nitrogen and oxygen atoms in total. The Morgan fingerprint density at radius 1 is 1.17 bits per heavy atom. The zero-order valence-corrected chi connectivity index (χ0v) is 12.9. The van der Waals surface area contributed by atoms with E-state index in [1.54, 1.807) is 18.2 Å². The predicted octanol–water partition coefficient (Wildman–Crippen LogP) is 3.58. The third-order valence-electron chi connectivity index (χ3n) is 3.33. The van der Waals surface area contributed by atoms with Gasteiger partial charge < -0.3 is 11.1 Å². The monoisotopic (exact) mass is 332 g/mol. The van der Waals surface area contributed by atoms with Gasteiger partial charge in [-0.2, -0.15) is 13.2 Å². The molecule has 6 heteroatoms. The van der Waals surface area contributed by atoms with E-state index in [1.165, 1.54) is 12.1 Å². The van der Waals surface area contributed by atoms with Crippen LogP contribution in [0.15, 0.2) is 42.5 Å². The van der Waals surface area contributed by atoms with Gasteiger partial charge in [-0.1, -0.05) is 17.9 Å². The second kappa shape index (κ2) is 7.09. The summed E-state index contributed by atoms with van der Waals surface area (Å²) in [4.78, 5) is 11.2. The Balaban J connectivity index is 2.02. The van der Waals surface area contributed by atoms with Gasteiger partial charge in [-0.05, 0) is 48.9 Å². The summed E-state index contributed by atoms with van der Waals surface area (Å²) < 4.78 is 37.4. The molecule has 0 fully saturated rings. The second-order valence-corrected chi connectivity index (χ2v) is 5.12. The number of alkyl halides is 3. The summed E-state index contributed by atoms with van der Waals surface area (Å²) in [5.41, 5.74) is 7.07. The van der Waals surface area contributed by atoms with Gasteiger partial charge in [-0.15, -0.1) is 0 Å². The van der Waals surface area contributed by atoms with Crippen LogP contribution < -0.4 is 11.1 Å². The first-order chi connectivity index (χ1) is 11.3. The van der Waals surface area contributed by atoms with Gasteiger partial charge in [0.05, 0.1) is 12.1 Å². The molecule has 0 unspecified atom stereocenters. The third kappa shape index (κ3) is 4.53. The Kier molecular flexibility index (Phi) is 5.14. The number of benzene rings is 2. The molecule has 0 spiro atoms. The molecule has 0 saturated carbocycles. The van der Waals surface area contributed by atoms with E-state index in [0.29, 0.717) is 11.1 Å². The normalized spacial score (nSPS) is 10.7. The first-order valence-corrected chi connectivity index (χ1v) is 7.08. The van der Waals surface area contributed by atoms with Gasteiger partial charge in [-0.25, -0.2) is 0 Å². The summed E-state index contributed by atoms with van der Waals surface area (Å²) in [6, 6.07) is 9.69. The number of primary amides is 1. The maximum absolute atomic E-state index is 12.5. The van der Waals surface area contributed by atoms with Gasteiger partial charge in [0.25, 0.3) is 0 Å². The van der Waals surface area contributed by atoms with Crippen LogP contribution in [0.2, 0.25) is 0 Å². The topological polar surface area (TPSA) is 55.1 Å². The minimum atomic E-state index is -4.35. The molecule has 1 amide bonds. The van der Waals surface area contributed by atoms with Crippen molar-refractivity contribution < 1.29 is 18.0 Å². The summed E-state index contributed by atoms with van der Waals surface area (Å²) in [6.45, 7) is 2.15. The third-order valence-corrected chi connectivity index (χ3v) is 3.33. The van der Waals surface area contributed by atoms with Gasteiger partial charge >= 0.3 is 6.18 Å². The molecule has 0 aliphatic rings. The zero-order valence-electron chi connectivity index (χ0n) is 12.9. The average Bonchev–Trinajstić information content (AvgIpc) is 2.52.